The summed E-state index contributed by atoms with van der Waals surface area (Å²) in [5, 5.41) is 0. The summed E-state index contributed by atoms with van der Waals surface area (Å²) in [6.45, 7) is 2.87. The number of methoxy groups -OCH3 is 1. The van der Waals surface area contributed by atoms with E-state index in [0.717, 1.165) is 12.3 Å². The van der Waals surface area contributed by atoms with Crippen LogP contribution in [-0.2, 0) is 18.9 Å². The molecule has 3 rings (SSSR count). The third-order valence-corrected chi connectivity index (χ3v) is 4.92. The highest BCUT2D eigenvalue weighted by Crippen LogP contribution is 2.34. The molecule has 19 heavy (non-hydrogen) atoms. The van der Waals surface area contributed by atoms with Crippen molar-refractivity contribution in [2.24, 2.45) is 5.92 Å². The molecule has 2 bridgehead atoms. The van der Waals surface area contributed by atoms with Gasteiger partial charge < -0.3 is 18.9 Å². The fourth-order valence-electron chi connectivity index (χ4n) is 3.66. The molecule has 0 amide bonds. The number of hydrogen-bond donors (Lipinski definition) is 0. The molecular formula is C15H26O4. The highest BCUT2D eigenvalue weighted by molar-refractivity contribution is 4.88. The van der Waals surface area contributed by atoms with Crippen LogP contribution < -0.4 is 0 Å². The Bertz CT molecular complexity index is 290. The number of ether oxygens (including phenoxy) is 4. The lowest BCUT2D eigenvalue weighted by Gasteiger charge is -2.36. The van der Waals surface area contributed by atoms with Gasteiger partial charge in [-0.15, -0.1) is 0 Å². The van der Waals surface area contributed by atoms with E-state index >= 15 is 0 Å². The highest BCUT2D eigenvalue weighted by atomic mass is 16.8. The van der Waals surface area contributed by atoms with Crippen LogP contribution in [0.4, 0.5) is 0 Å². The molecule has 5 atom stereocenters. The molecule has 0 aromatic rings. The average molecular weight is 270 g/mol. The molecule has 1 unspecified atom stereocenters. The van der Waals surface area contributed by atoms with Crippen molar-refractivity contribution >= 4 is 0 Å². The van der Waals surface area contributed by atoms with Crippen LogP contribution in [0.3, 0.4) is 0 Å². The second-order valence-electron chi connectivity index (χ2n) is 6.16. The Morgan fingerprint density at radius 2 is 1.89 bits per heavy atom. The molecule has 4 nitrogen and oxygen atoms in total. The summed E-state index contributed by atoms with van der Waals surface area (Å²) < 4.78 is 23.2. The Morgan fingerprint density at radius 1 is 1.11 bits per heavy atom. The second-order valence-corrected chi connectivity index (χ2v) is 6.16. The molecule has 0 aromatic heterocycles. The van der Waals surface area contributed by atoms with Gasteiger partial charge in [0.15, 0.2) is 6.29 Å². The summed E-state index contributed by atoms with van der Waals surface area (Å²) in [7, 11) is 1.72. The fourth-order valence-corrected chi connectivity index (χ4v) is 3.66. The molecule has 0 radical (unpaired) electrons. The molecule has 2 aliphatic heterocycles. The molecule has 0 aromatic carbocycles. The van der Waals surface area contributed by atoms with E-state index in [1.807, 2.05) is 0 Å². The van der Waals surface area contributed by atoms with Gasteiger partial charge in [0, 0.05) is 13.5 Å². The molecule has 4 heteroatoms. The third kappa shape index (κ3) is 2.97. The van der Waals surface area contributed by atoms with E-state index in [2.05, 4.69) is 6.92 Å². The Labute approximate surface area is 115 Å². The molecular weight excluding hydrogens is 244 g/mol. The van der Waals surface area contributed by atoms with Crippen LogP contribution >= 0.6 is 0 Å². The number of hydrogen-bond acceptors (Lipinski definition) is 4. The van der Waals surface area contributed by atoms with Crippen LogP contribution in [-0.4, -0.2) is 44.4 Å². The van der Waals surface area contributed by atoms with Gasteiger partial charge in [0.25, 0.3) is 0 Å². The predicted octanol–water partition coefficient (Wildman–Crippen LogP) is 2.50. The first-order valence-electron chi connectivity index (χ1n) is 7.73. The predicted molar refractivity (Wildman–Crippen MR) is 70.9 cm³/mol. The van der Waals surface area contributed by atoms with Gasteiger partial charge in [-0.3, -0.25) is 0 Å². The van der Waals surface area contributed by atoms with E-state index in [0.29, 0.717) is 12.7 Å². The van der Waals surface area contributed by atoms with Crippen LogP contribution in [0.25, 0.3) is 0 Å². The number of rotatable bonds is 4. The van der Waals surface area contributed by atoms with Crippen molar-refractivity contribution in [2.45, 2.75) is 76.2 Å². The lowest BCUT2D eigenvalue weighted by molar-refractivity contribution is -0.209. The molecule has 3 fully saturated rings. The zero-order valence-electron chi connectivity index (χ0n) is 12.0. The minimum atomic E-state index is -0.181. The SMILES string of the molecule is CO[C@@H]1C[C@H](OC(C)C2CCCCC2)[C@H]2CO[C@@H]1O2. The maximum Gasteiger partial charge on any atom is 0.184 e. The van der Waals surface area contributed by atoms with Crippen molar-refractivity contribution in [3.05, 3.63) is 0 Å². The van der Waals surface area contributed by atoms with Crippen molar-refractivity contribution < 1.29 is 18.9 Å². The molecule has 1 aliphatic carbocycles. The van der Waals surface area contributed by atoms with Gasteiger partial charge in [-0.05, 0) is 25.7 Å². The van der Waals surface area contributed by atoms with Gasteiger partial charge >= 0.3 is 0 Å². The summed E-state index contributed by atoms with van der Waals surface area (Å²) in [5.41, 5.74) is 0. The zero-order valence-corrected chi connectivity index (χ0v) is 12.0. The Kier molecular flexibility index (Phi) is 4.42. The zero-order chi connectivity index (χ0) is 13.2. The van der Waals surface area contributed by atoms with Crippen LogP contribution in [0.15, 0.2) is 0 Å². The lowest BCUT2D eigenvalue weighted by atomic mass is 9.85. The Hall–Kier alpha value is -0.160. The maximum atomic E-state index is 6.31. The van der Waals surface area contributed by atoms with E-state index in [1.54, 1.807) is 7.11 Å². The van der Waals surface area contributed by atoms with E-state index in [9.17, 15) is 0 Å². The van der Waals surface area contributed by atoms with Crippen molar-refractivity contribution in [3.8, 4) is 0 Å². The van der Waals surface area contributed by atoms with Crippen molar-refractivity contribution in [1.82, 2.24) is 0 Å². The molecule has 0 N–H and O–H groups in total. The van der Waals surface area contributed by atoms with Crippen LogP contribution in [0.2, 0.25) is 0 Å². The average Bonchev–Trinajstić information content (AvgIpc) is 2.88. The van der Waals surface area contributed by atoms with Gasteiger partial charge in [0.2, 0.25) is 0 Å². The summed E-state index contributed by atoms with van der Waals surface area (Å²) in [5.74, 6) is 0.717. The maximum absolute atomic E-state index is 6.31. The summed E-state index contributed by atoms with van der Waals surface area (Å²) in [6.07, 6.45) is 8.00. The van der Waals surface area contributed by atoms with Gasteiger partial charge in [-0.2, -0.15) is 0 Å². The van der Waals surface area contributed by atoms with E-state index in [4.69, 9.17) is 18.9 Å². The Balaban J connectivity index is 1.56. The topological polar surface area (TPSA) is 36.9 Å². The summed E-state index contributed by atoms with van der Waals surface area (Å²) >= 11 is 0. The minimum absolute atomic E-state index is 0.0160. The highest BCUT2D eigenvalue weighted by Gasteiger charge is 2.45. The molecule has 0 spiro atoms. The summed E-state index contributed by atoms with van der Waals surface area (Å²) in [4.78, 5) is 0. The fraction of sp³-hybridized carbons (Fsp3) is 1.00. The molecule has 2 heterocycles. The normalized spacial score (nSPS) is 41.4. The van der Waals surface area contributed by atoms with Crippen molar-refractivity contribution in [1.29, 1.82) is 0 Å². The van der Waals surface area contributed by atoms with Crippen LogP contribution in [0.5, 0.6) is 0 Å². The van der Waals surface area contributed by atoms with Crippen molar-refractivity contribution in [3.63, 3.8) is 0 Å². The third-order valence-electron chi connectivity index (χ3n) is 4.92. The molecule has 2 saturated heterocycles. The second kappa shape index (κ2) is 6.08. The van der Waals surface area contributed by atoms with Gasteiger partial charge in [-0.1, -0.05) is 19.3 Å². The van der Waals surface area contributed by atoms with E-state index in [-0.39, 0.29) is 24.6 Å². The quantitative estimate of drug-likeness (QED) is 0.786. The number of fused-ring (bicyclic) bond motifs is 2. The first-order valence-corrected chi connectivity index (χ1v) is 7.73. The Morgan fingerprint density at radius 3 is 2.63 bits per heavy atom. The van der Waals surface area contributed by atoms with Gasteiger partial charge in [-0.25, -0.2) is 0 Å². The van der Waals surface area contributed by atoms with E-state index < -0.39 is 0 Å². The molecule has 1 saturated carbocycles. The van der Waals surface area contributed by atoms with E-state index in [1.165, 1.54) is 32.1 Å². The lowest BCUT2D eigenvalue weighted by Crippen LogP contribution is -2.46. The molecule has 110 valence electrons. The molecule has 3 aliphatic rings. The summed E-state index contributed by atoms with van der Waals surface area (Å²) in [6, 6.07) is 0. The van der Waals surface area contributed by atoms with Crippen LogP contribution in [0.1, 0.15) is 45.4 Å². The largest absolute Gasteiger partial charge is 0.376 e. The van der Waals surface area contributed by atoms with Gasteiger partial charge in [0.05, 0.1) is 18.8 Å². The van der Waals surface area contributed by atoms with Crippen molar-refractivity contribution in [2.75, 3.05) is 13.7 Å². The van der Waals surface area contributed by atoms with Crippen LogP contribution in [0, 0.1) is 5.92 Å². The first-order chi connectivity index (χ1) is 9.28. The van der Waals surface area contributed by atoms with Gasteiger partial charge in [0.1, 0.15) is 12.2 Å². The first kappa shape index (κ1) is 13.8. The minimum Gasteiger partial charge on any atom is -0.376 e. The standard InChI is InChI=1S/C15H26O4/c1-10(11-6-4-3-5-7-11)18-12-8-13(16-2)15-17-9-14(12)19-15/h10-15H,3-9H2,1-2H3/t10?,12-,13+,14+,15+/m0/s1. The monoisotopic (exact) mass is 270 g/mol. The smallest absolute Gasteiger partial charge is 0.184 e.